The highest BCUT2D eigenvalue weighted by Gasteiger charge is 2.21. The molecule has 2 N–H and O–H groups in total. The lowest BCUT2D eigenvalue weighted by Crippen LogP contribution is -2.43. The normalized spacial score (nSPS) is 12.2. The third-order valence-electron chi connectivity index (χ3n) is 2.84. The molecule has 0 saturated carbocycles. The van der Waals surface area contributed by atoms with Gasteiger partial charge in [0.05, 0.1) is 0 Å². The van der Waals surface area contributed by atoms with Crippen LogP contribution in [0.15, 0.2) is 16.6 Å². The number of aryl methyl sites for hydroxylation is 1. The van der Waals surface area contributed by atoms with Gasteiger partial charge in [0.2, 0.25) is 0 Å². The van der Waals surface area contributed by atoms with E-state index in [0.29, 0.717) is 5.11 Å². The summed E-state index contributed by atoms with van der Waals surface area (Å²) < 4.78 is 1.10. The second kappa shape index (κ2) is 6.02. The van der Waals surface area contributed by atoms with E-state index in [-0.39, 0.29) is 11.0 Å². The third-order valence-corrected chi connectivity index (χ3v) is 3.50. The van der Waals surface area contributed by atoms with E-state index in [0.717, 1.165) is 10.2 Å². The molecule has 0 unspecified atom stereocenters. The first-order valence-corrected chi connectivity index (χ1v) is 8.00. The maximum atomic E-state index is 5.43. The molecular formula is C16H25BrN2S. The molecule has 1 aromatic carbocycles. The Morgan fingerprint density at radius 1 is 1.10 bits per heavy atom. The first-order valence-electron chi connectivity index (χ1n) is 6.80. The number of hydrogen-bond donors (Lipinski definition) is 2. The van der Waals surface area contributed by atoms with Crippen LogP contribution in [0.2, 0.25) is 0 Å². The van der Waals surface area contributed by atoms with Gasteiger partial charge in [-0.1, -0.05) is 36.7 Å². The van der Waals surface area contributed by atoms with Gasteiger partial charge in [-0.15, -0.1) is 0 Å². The summed E-state index contributed by atoms with van der Waals surface area (Å²) in [5.74, 6) is 0. The van der Waals surface area contributed by atoms with E-state index in [1.165, 1.54) is 11.1 Å². The average molecular weight is 357 g/mol. The smallest absolute Gasteiger partial charge is 0.171 e. The van der Waals surface area contributed by atoms with Crippen LogP contribution in [0.1, 0.15) is 52.7 Å². The predicted octanol–water partition coefficient (Wildman–Crippen LogP) is 5.14. The molecule has 0 spiro atoms. The Morgan fingerprint density at radius 3 is 2.10 bits per heavy atom. The molecule has 0 aromatic heterocycles. The van der Waals surface area contributed by atoms with E-state index in [2.05, 4.69) is 87.2 Å². The summed E-state index contributed by atoms with van der Waals surface area (Å²) in [6.07, 6.45) is 0. The summed E-state index contributed by atoms with van der Waals surface area (Å²) in [5.41, 5.74) is 3.54. The molecule has 0 atom stereocenters. The molecular weight excluding hydrogens is 332 g/mol. The Kier molecular flexibility index (Phi) is 5.25. The number of hydrogen-bond acceptors (Lipinski definition) is 1. The molecule has 4 heteroatoms. The maximum Gasteiger partial charge on any atom is 0.171 e. The van der Waals surface area contributed by atoms with Crippen LogP contribution in [0.25, 0.3) is 0 Å². The van der Waals surface area contributed by atoms with Gasteiger partial charge in [-0.3, -0.25) is 0 Å². The van der Waals surface area contributed by atoms with Crippen LogP contribution in [0, 0.1) is 6.92 Å². The number of halogens is 1. The molecule has 0 aliphatic rings. The quantitative estimate of drug-likeness (QED) is 0.681. The lowest BCUT2D eigenvalue weighted by Gasteiger charge is -2.28. The van der Waals surface area contributed by atoms with Gasteiger partial charge in [-0.25, -0.2) is 0 Å². The van der Waals surface area contributed by atoms with E-state index < -0.39 is 0 Å². The van der Waals surface area contributed by atoms with Crippen LogP contribution in [-0.4, -0.2) is 10.7 Å². The molecule has 0 aliphatic heterocycles. The standard InChI is InChI=1S/C16H25BrN2S/c1-10-8-11(17)9-12(15(2,3)4)13(10)18-14(20)19-16(5,6)7/h8-9H,1-7H3,(H2,18,19,20). The van der Waals surface area contributed by atoms with Gasteiger partial charge in [0, 0.05) is 15.7 Å². The number of nitrogens with one attached hydrogen (secondary N) is 2. The number of thiocarbonyl (C=S) groups is 1. The van der Waals surface area contributed by atoms with E-state index in [1.807, 2.05) is 0 Å². The van der Waals surface area contributed by atoms with Gasteiger partial charge < -0.3 is 10.6 Å². The maximum absolute atomic E-state index is 5.43. The van der Waals surface area contributed by atoms with Crippen LogP contribution in [0.5, 0.6) is 0 Å². The fourth-order valence-electron chi connectivity index (χ4n) is 1.99. The molecule has 0 saturated heterocycles. The number of benzene rings is 1. The lowest BCUT2D eigenvalue weighted by molar-refractivity contribution is 0.514. The highest BCUT2D eigenvalue weighted by molar-refractivity contribution is 9.10. The largest absolute Gasteiger partial charge is 0.358 e. The summed E-state index contributed by atoms with van der Waals surface area (Å²) in [4.78, 5) is 0. The van der Waals surface area contributed by atoms with Gasteiger partial charge in [0.1, 0.15) is 0 Å². The van der Waals surface area contributed by atoms with E-state index >= 15 is 0 Å². The SMILES string of the molecule is Cc1cc(Br)cc(C(C)(C)C)c1NC(=S)NC(C)(C)C. The van der Waals surface area contributed by atoms with Crippen LogP contribution >= 0.6 is 28.1 Å². The Hall–Kier alpha value is -0.610. The Morgan fingerprint density at radius 2 is 1.65 bits per heavy atom. The van der Waals surface area contributed by atoms with Crippen molar-refractivity contribution in [3.63, 3.8) is 0 Å². The second-order valence-electron chi connectivity index (χ2n) is 7.22. The zero-order valence-corrected chi connectivity index (χ0v) is 15.8. The van der Waals surface area contributed by atoms with Gasteiger partial charge in [0.25, 0.3) is 0 Å². The Labute approximate surface area is 136 Å². The molecule has 20 heavy (non-hydrogen) atoms. The first-order chi connectivity index (χ1) is 8.90. The summed E-state index contributed by atoms with van der Waals surface area (Å²) in [6, 6.07) is 4.27. The van der Waals surface area contributed by atoms with E-state index in [4.69, 9.17) is 12.2 Å². The second-order valence-corrected chi connectivity index (χ2v) is 8.55. The van der Waals surface area contributed by atoms with Crippen molar-refractivity contribution in [1.29, 1.82) is 0 Å². The summed E-state index contributed by atoms with van der Waals surface area (Å²) in [6.45, 7) is 15.0. The predicted molar refractivity (Wildman–Crippen MR) is 96.7 cm³/mol. The fourth-order valence-corrected chi connectivity index (χ4v) is 2.97. The molecule has 0 bridgehead atoms. The topological polar surface area (TPSA) is 24.1 Å². The lowest BCUT2D eigenvalue weighted by atomic mass is 9.84. The van der Waals surface area contributed by atoms with Crippen molar-refractivity contribution in [2.24, 2.45) is 0 Å². The Balaban J connectivity index is 3.15. The van der Waals surface area contributed by atoms with E-state index in [9.17, 15) is 0 Å². The number of anilines is 1. The molecule has 0 radical (unpaired) electrons. The molecule has 0 aliphatic carbocycles. The molecule has 1 rings (SSSR count). The molecule has 112 valence electrons. The van der Waals surface area contributed by atoms with E-state index in [1.54, 1.807) is 0 Å². The van der Waals surface area contributed by atoms with Crippen molar-refractivity contribution in [3.05, 3.63) is 27.7 Å². The van der Waals surface area contributed by atoms with Gasteiger partial charge >= 0.3 is 0 Å². The first kappa shape index (κ1) is 17.4. The van der Waals surface area contributed by atoms with Crippen LogP contribution in [0.3, 0.4) is 0 Å². The van der Waals surface area contributed by atoms with Crippen molar-refractivity contribution < 1.29 is 0 Å². The van der Waals surface area contributed by atoms with Gasteiger partial charge in [-0.2, -0.15) is 0 Å². The summed E-state index contributed by atoms with van der Waals surface area (Å²) in [5, 5.41) is 7.33. The van der Waals surface area contributed by atoms with Crippen molar-refractivity contribution >= 4 is 38.9 Å². The van der Waals surface area contributed by atoms with Crippen molar-refractivity contribution in [2.75, 3.05) is 5.32 Å². The molecule has 1 aromatic rings. The minimum Gasteiger partial charge on any atom is -0.358 e. The fraction of sp³-hybridized carbons (Fsp3) is 0.562. The highest BCUT2D eigenvalue weighted by atomic mass is 79.9. The van der Waals surface area contributed by atoms with Crippen molar-refractivity contribution in [3.8, 4) is 0 Å². The third kappa shape index (κ3) is 5.06. The highest BCUT2D eigenvalue weighted by Crippen LogP contribution is 2.34. The van der Waals surface area contributed by atoms with Crippen molar-refractivity contribution in [2.45, 2.75) is 59.4 Å². The zero-order valence-electron chi connectivity index (χ0n) is 13.4. The van der Waals surface area contributed by atoms with Crippen molar-refractivity contribution in [1.82, 2.24) is 5.32 Å². The zero-order chi connectivity index (χ0) is 15.7. The van der Waals surface area contributed by atoms with Crippen LogP contribution in [0.4, 0.5) is 5.69 Å². The molecule has 2 nitrogen and oxygen atoms in total. The van der Waals surface area contributed by atoms with Gasteiger partial charge in [0.15, 0.2) is 5.11 Å². The van der Waals surface area contributed by atoms with Crippen LogP contribution in [-0.2, 0) is 5.41 Å². The average Bonchev–Trinajstić information content (AvgIpc) is 2.17. The molecule has 0 amide bonds. The monoisotopic (exact) mass is 356 g/mol. The Bertz CT molecular complexity index is 510. The molecule has 0 fully saturated rings. The minimum absolute atomic E-state index is 0.0464. The minimum atomic E-state index is -0.0464. The van der Waals surface area contributed by atoms with Crippen LogP contribution < -0.4 is 10.6 Å². The summed E-state index contributed by atoms with van der Waals surface area (Å²) >= 11 is 9.00. The summed E-state index contributed by atoms with van der Waals surface area (Å²) in [7, 11) is 0. The number of rotatable bonds is 1. The molecule has 0 heterocycles. The van der Waals surface area contributed by atoms with Gasteiger partial charge in [-0.05, 0) is 68.6 Å².